The SMILES string of the molecule is Cc1ccccc1OCCC(=O)NC[C@H]1CCCO1. The largest absolute Gasteiger partial charge is 0.493 e. The molecule has 4 heteroatoms. The summed E-state index contributed by atoms with van der Waals surface area (Å²) in [6.07, 6.45) is 2.71. The van der Waals surface area contributed by atoms with E-state index in [0.717, 1.165) is 30.8 Å². The van der Waals surface area contributed by atoms with Crippen LogP contribution in [0.1, 0.15) is 24.8 Å². The molecule has 1 aliphatic rings. The van der Waals surface area contributed by atoms with Crippen molar-refractivity contribution < 1.29 is 14.3 Å². The lowest BCUT2D eigenvalue weighted by Crippen LogP contribution is -2.32. The van der Waals surface area contributed by atoms with Crippen molar-refractivity contribution in [2.45, 2.75) is 32.3 Å². The molecule has 0 bridgehead atoms. The van der Waals surface area contributed by atoms with E-state index in [9.17, 15) is 4.79 Å². The molecule has 1 saturated heterocycles. The molecule has 4 nitrogen and oxygen atoms in total. The van der Waals surface area contributed by atoms with Crippen molar-refractivity contribution in [1.82, 2.24) is 5.32 Å². The highest BCUT2D eigenvalue weighted by molar-refractivity contribution is 5.76. The van der Waals surface area contributed by atoms with Crippen molar-refractivity contribution in [3.63, 3.8) is 0 Å². The van der Waals surface area contributed by atoms with Gasteiger partial charge < -0.3 is 14.8 Å². The molecule has 19 heavy (non-hydrogen) atoms. The normalized spacial score (nSPS) is 18.3. The number of carbonyl (C=O) groups excluding carboxylic acids is 1. The second-order valence-corrected chi connectivity index (χ2v) is 4.80. The number of benzene rings is 1. The third-order valence-corrected chi connectivity index (χ3v) is 3.23. The summed E-state index contributed by atoms with van der Waals surface area (Å²) < 4.78 is 11.0. The number of rotatable bonds is 6. The van der Waals surface area contributed by atoms with Crippen LogP contribution in [0.25, 0.3) is 0 Å². The highest BCUT2D eigenvalue weighted by Crippen LogP contribution is 2.16. The first kappa shape index (κ1) is 13.9. The lowest BCUT2D eigenvalue weighted by Gasteiger charge is -2.11. The minimum atomic E-state index is 0.0177. The lowest BCUT2D eigenvalue weighted by atomic mass is 10.2. The highest BCUT2D eigenvalue weighted by atomic mass is 16.5. The van der Waals surface area contributed by atoms with Crippen LogP contribution in [0.15, 0.2) is 24.3 Å². The number of para-hydroxylation sites is 1. The first-order valence-corrected chi connectivity index (χ1v) is 6.82. The first-order valence-electron chi connectivity index (χ1n) is 6.82. The predicted molar refractivity (Wildman–Crippen MR) is 73.3 cm³/mol. The van der Waals surface area contributed by atoms with Gasteiger partial charge in [0.05, 0.1) is 19.1 Å². The summed E-state index contributed by atoms with van der Waals surface area (Å²) in [5.41, 5.74) is 1.09. The Bertz CT molecular complexity index is 414. The summed E-state index contributed by atoms with van der Waals surface area (Å²) in [5.74, 6) is 0.860. The molecule has 1 heterocycles. The summed E-state index contributed by atoms with van der Waals surface area (Å²) in [4.78, 5) is 11.6. The molecule has 1 amide bonds. The van der Waals surface area contributed by atoms with Crippen molar-refractivity contribution >= 4 is 5.91 Å². The number of hydrogen-bond acceptors (Lipinski definition) is 3. The van der Waals surface area contributed by atoms with E-state index in [1.807, 2.05) is 31.2 Å². The average molecular weight is 263 g/mol. The number of nitrogens with one attached hydrogen (secondary N) is 1. The molecular weight excluding hydrogens is 242 g/mol. The van der Waals surface area contributed by atoms with Gasteiger partial charge >= 0.3 is 0 Å². The van der Waals surface area contributed by atoms with Gasteiger partial charge in [-0.25, -0.2) is 0 Å². The van der Waals surface area contributed by atoms with Crippen molar-refractivity contribution in [2.24, 2.45) is 0 Å². The van der Waals surface area contributed by atoms with Crippen LogP contribution in [-0.2, 0) is 9.53 Å². The third kappa shape index (κ3) is 4.56. The van der Waals surface area contributed by atoms with E-state index in [4.69, 9.17) is 9.47 Å². The van der Waals surface area contributed by atoms with Crippen LogP contribution in [-0.4, -0.2) is 31.8 Å². The summed E-state index contributed by atoms with van der Waals surface area (Å²) in [7, 11) is 0. The monoisotopic (exact) mass is 263 g/mol. The maximum Gasteiger partial charge on any atom is 0.223 e. The molecule has 1 N–H and O–H groups in total. The van der Waals surface area contributed by atoms with Crippen molar-refractivity contribution in [3.8, 4) is 5.75 Å². The Kier molecular flexibility index (Phi) is 5.21. The number of hydrogen-bond donors (Lipinski definition) is 1. The molecule has 2 rings (SSSR count). The molecule has 0 unspecified atom stereocenters. The molecule has 0 aliphatic carbocycles. The number of ether oxygens (including phenoxy) is 2. The van der Waals surface area contributed by atoms with E-state index >= 15 is 0 Å². The van der Waals surface area contributed by atoms with Crippen molar-refractivity contribution in [2.75, 3.05) is 19.8 Å². The van der Waals surface area contributed by atoms with Gasteiger partial charge in [0.1, 0.15) is 5.75 Å². The molecule has 104 valence electrons. The van der Waals surface area contributed by atoms with Gasteiger partial charge in [0.15, 0.2) is 0 Å². The topological polar surface area (TPSA) is 47.6 Å². The second kappa shape index (κ2) is 7.14. The lowest BCUT2D eigenvalue weighted by molar-refractivity contribution is -0.122. The van der Waals surface area contributed by atoms with E-state index in [1.165, 1.54) is 0 Å². The average Bonchev–Trinajstić information content (AvgIpc) is 2.92. The smallest absolute Gasteiger partial charge is 0.223 e. The van der Waals surface area contributed by atoms with Gasteiger partial charge in [-0.05, 0) is 31.4 Å². The van der Waals surface area contributed by atoms with E-state index in [2.05, 4.69) is 5.32 Å². The van der Waals surface area contributed by atoms with Crippen LogP contribution in [0, 0.1) is 6.92 Å². The van der Waals surface area contributed by atoms with Crippen LogP contribution < -0.4 is 10.1 Å². The summed E-state index contributed by atoms with van der Waals surface area (Å²) in [6, 6.07) is 7.81. The highest BCUT2D eigenvalue weighted by Gasteiger charge is 2.15. The molecule has 0 radical (unpaired) electrons. The fourth-order valence-electron chi connectivity index (χ4n) is 2.09. The molecule has 0 spiro atoms. The molecule has 1 aromatic carbocycles. The minimum Gasteiger partial charge on any atom is -0.493 e. The zero-order chi connectivity index (χ0) is 13.5. The Labute approximate surface area is 114 Å². The van der Waals surface area contributed by atoms with Gasteiger partial charge in [-0.3, -0.25) is 4.79 Å². The van der Waals surface area contributed by atoms with Crippen molar-refractivity contribution in [1.29, 1.82) is 0 Å². The van der Waals surface area contributed by atoms with Crippen LogP contribution >= 0.6 is 0 Å². The number of aryl methyl sites for hydroxylation is 1. The minimum absolute atomic E-state index is 0.0177. The number of carbonyl (C=O) groups is 1. The predicted octanol–water partition coefficient (Wildman–Crippen LogP) is 2.06. The Hall–Kier alpha value is -1.55. The van der Waals surface area contributed by atoms with Crippen LogP contribution in [0.5, 0.6) is 5.75 Å². The third-order valence-electron chi connectivity index (χ3n) is 3.23. The molecular formula is C15H21NO3. The van der Waals surface area contributed by atoms with E-state index in [1.54, 1.807) is 0 Å². The summed E-state index contributed by atoms with van der Waals surface area (Å²) in [6.45, 7) is 3.83. The van der Waals surface area contributed by atoms with Gasteiger partial charge in [0.25, 0.3) is 0 Å². The standard InChI is InChI=1S/C15H21NO3/c1-12-5-2-3-7-14(12)19-10-8-15(17)16-11-13-6-4-9-18-13/h2-3,5,7,13H,4,6,8-11H2,1H3,(H,16,17)/t13-/m1/s1. The molecule has 0 saturated carbocycles. The van der Waals surface area contributed by atoms with Crippen molar-refractivity contribution in [3.05, 3.63) is 29.8 Å². The second-order valence-electron chi connectivity index (χ2n) is 4.80. The zero-order valence-corrected chi connectivity index (χ0v) is 11.4. The van der Waals surface area contributed by atoms with Gasteiger partial charge in [0, 0.05) is 13.2 Å². The quantitative estimate of drug-likeness (QED) is 0.854. The van der Waals surface area contributed by atoms with E-state index in [0.29, 0.717) is 19.6 Å². The van der Waals surface area contributed by atoms with Crippen LogP contribution in [0.4, 0.5) is 0 Å². The first-order chi connectivity index (χ1) is 9.25. The molecule has 1 fully saturated rings. The maximum absolute atomic E-state index is 11.6. The Morgan fingerprint density at radius 1 is 1.47 bits per heavy atom. The maximum atomic E-state index is 11.6. The zero-order valence-electron chi connectivity index (χ0n) is 11.4. The summed E-state index contributed by atoms with van der Waals surface area (Å²) in [5, 5.41) is 2.88. The fourth-order valence-corrected chi connectivity index (χ4v) is 2.09. The molecule has 1 atom stereocenters. The Balaban J connectivity index is 1.62. The van der Waals surface area contributed by atoms with E-state index < -0.39 is 0 Å². The molecule has 1 aliphatic heterocycles. The fraction of sp³-hybridized carbons (Fsp3) is 0.533. The Morgan fingerprint density at radius 3 is 3.05 bits per heavy atom. The Morgan fingerprint density at radius 2 is 2.32 bits per heavy atom. The van der Waals surface area contributed by atoms with Gasteiger partial charge in [-0.2, -0.15) is 0 Å². The van der Waals surface area contributed by atoms with E-state index in [-0.39, 0.29) is 12.0 Å². The molecule has 1 aromatic rings. The molecule has 0 aromatic heterocycles. The van der Waals surface area contributed by atoms with Crippen LogP contribution in [0.3, 0.4) is 0 Å². The van der Waals surface area contributed by atoms with Gasteiger partial charge in [-0.1, -0.05) is 18.2 Å². The summed E-state index contributed by atoms with van der Waals surface area (Å²) >= 11 is 0. The van der Waals surface area contributed by atoms with Gasteiger partial charge in [0.2, 0.25) is 5.91 Å². The van der Waals surface area contributed by atoms with Gasteiger partial charge in [-0.15, -0.1) is 0 Å². The number of amides is 1. The van der Waals surface area contributed by atoms with Crippen LogP contribution in [0.2, 0.25) is 0 Å².